The van der Waals surface area contributed by atoms with Gasteiger partial charge in [0, 0.05) is 19.6 Å². The fraction of sp³-hybridized carbons (Fsp3) is 0.600. The predicted octanol–water partition coefficient (Wildman–Crippen LogP) is 2.80. The summed E-state index contributed by atoms with van der Waals surface area (Å²) in [6.07, 6.45) is 4.52. The maximum atomic E-state index is 12.5. The van der Waals surface area contributed by atoms with Crippen molar-refractivity contribution in [3.63, 3.8) is 0 Å². The van der Waals surface area contributed by atoms with Gasteiger partial charge in [-0.25, -0.2) is 4.79 Å². The van der Waals surface area contributed by atoms with Gasteiger partial charge in [0.05, 0.1) is 17.6 Å². The van der Waals surface area contributed by atoms with E-state index in [4.69, 9.17) is 4.74 Å². The van der Waals surface area contributed by atoms with Crippen molar-refractivity contribution in [1.82, 2.24) is 10.2 Å². The summed E-state index contributed by atoms with van der Waals surface area (Å²) in [5.41, 5.74) is 0.455. The molecule has 0 radical (unpaired) electrons. The fourth-order valence-electron chi connectivity index (χ4n) is 4.88. The zero-order valence-corrected chi connectivity index (χ0v) is 14.9. The molecule has 4 atom stereocenters. The van der Waals surface area contributed by atoms with E-state index in [2.05, 4.69) is 17.4 Å². The normalized spacial score (nSPS) is 33.2. The molecule has 2 saturated heterocycles. The van der Waals surface area contributed by atoms with Crippen LogP contribution in [0.4, 0.5) is 4.79 Å². The lowest BCUT2D eigenvalue weighted by Gasteiger charge is -2.23. The second kappa shape index (κ2) is 6.91. The monoisotopic (exact) mass is 358 g/mol. The van der Waals surface area contributed by atoms with Crippen LogP contribution in [0, 0.1) is 11.3 Å². The summed E-state index contributed by atoms with van der Waals surface area (Å²) in [4.78, 5) is 25.9. The summed E-state index contributed by atoms with van der Waals surface area (Å²) in [6, 6.07) is 9.99. The van der Waals surface area contributed by atoms with Gasteiger partial charge in [0.1, 0.15) is 0 Å². The number of urea groups is 1. The van der Waals surface area contributed by atoms with Crippen LogP contribution in [0.2, 0.25) is 0 Å². The van der Waals surface area contributed by atoms with E-state index in [-0.39, 0.29) is 24.2 Å². The van der Waals surface area contributed by atoms with E-state index in [9.17, 15) is 14.7 Å². The molecule has 2 amide bonds. The first-order valence-electron chi connectivity index (χ1n) is 9.55. The van der Waals surface area contributed by atoms with Crippen molar-refractivity contribution in [3.05, 3.63) is 35.9 Å². The molecule has 1 aromatic carbocycles. The fourth-order valence-corrected chi connectivity index (χ4v) is 4.88. The molecule has 4 rings (SSSR count). The van der Waals surface area contributed by atoms with Crippen LogP contribution in [0.3, 0.4) is 0 Å². The van der Waals surface area contributed by atoms with Gasteiger partial charge in [0.25, 0.3) is 0 Å². The van der Waals surface area contributed by atoms with Crippen LogP contribution < -0.4 is 5.32 Å². The smallest absolute Gasteiger partial charge is 0.317 e. The summed E-state index contributed by atoms with van der Waals surface area (Å²) >= 11 is 0. The van der Waals surface area contributed by atoms with Crippen LogP contribution in [-0.2, 0) is 9.53 Å². The summed E-state index contributed by atoms with van der Waals surface area (Å²) in [5, 5.41) is 12.6. The standard InChI is InChI=1S/C20H26N2O4/c23-18(24)20-10-4-7-15(20)12-22(13-20)19(25)21-11-16-8-9-17(26-16)14-5-2-1-3-6-14/h1-3,5-6,15-17H,4,7-13H2,(H,21,25)(H,23,24)/t15-,16+,17-,20+/m0/s1. The Morgan fingerprint density at radius 1 is 1.23 bits per heavy atom. The molecule has 0 spiro atoms. The average Bonchev–Trinajstić information content (AvgIpc) is 3.34. The molecule has 1 saturated carbocycles. The lowest BCUT2D eigenvalue weighted by Crippen LogP contribution is -2.43. The Hall–Kier alpha value is -2.08. The molecule has 3 aliphatic rings. The van der Waals surface area contributed by atoms with Gasteiger partial charge in [-0.3, -0.25) is 4.79 Å². The number of carbonyl (C=O) groups is 2. The quantitative estimate of drug-likeness (QED) is 0.867. The molecule has 2 heterocycles. The Labute approximate surface area is 153 Å². The Balaban J connectivity index is 1.28. The van der Waals surface area contributed by atoms with Gasteiger partial charge < -0.3 is 20.1 Å². The number of carboxylic acids is 1. The number of aliphatic carboxylic acids is 1. The molecule has 0 aromatic heterocycles. The van der Waals surface area contributed by atoms with E-state index in [1.165, 1.54) is 5.56 Å². The van der Waals surface area contributed by atoms with Gasteiger partial charge >= 0.3 is 12.0 Å². The number of fused-ring (bicyclic) bond motifs is 1. The van der Waals surface area contributed by atoms with E-state index in [0.717, 1.165) is 25.7 Å². The van der Waals surface area contributed by atoms with Gasteiger partial charge in [-0.1, -0.05) is 36.8 Å². The third-order valence-corrected chi connectivity index (χ3v) is 6.34. The molecule has 26 heavy (non-hydrogen) atoms. The molecule has 2 N–H and O–H groups in total. The van der Waals surface area contributed by atoms with Crippen molar-refractivity contribution in [2.24, 2.45) is 11.3 Å². The molecular weight excluding hydrogens is 332 g/mol. The highest BCUT2D eigenvalue weighted by Gasteiger charge is 2.55. The highest BCUT2D eigenvalue weighted by molar-refractivity contribution is 5.80. The van der Waals surface area contributed by atoms with E-state index in [0.29, 0.717) is 26.1 Å². The molecule has 1 aliphatic carbocycles. The molecule has 3 fully saturated rings. The first kappa shape index (κ1) is 17.3. The largest absolute Gasteiger partial charge is 0.481 e. The second-order valence-electron chi connectivity index (χ2n) is 7.85. The van der Waals surface area contributed by atoms with Crippen LogP contribution in [-0.4, -0.2) is 47.7 Å². The molecule has 6 nitrogen and oxygen atoms in total. The number of nitrogens with zero attached hydrogens (tertiary/aromatic N) is 1. The van der Waals surface area contributed by atoms with Crippen LogP contribution in [0.1, 0.15) is 43.8 Å². The minimum absolute atomic E-state index is 0.0136. The third kappa shape index (κ3) is 3.07. The SMILES string of the molecule is O=C(NC[C@H]1CC[C@@H](c2ccccc2)O1)N1C[C@@H]2CCC[C@@]2(C(=O)O)C1. The second-order valence-corrected chi connectivity index (χ2v) is 7.85. The highest BCUT2D eigenvalue weighted by atomic mass is 16.5. The number of benzene rings is 1. The van der Waals surface area contributed by atoms with Crippen molar-refractivity contribution < 1.29 is 19.4 Å². The number of likely N-dealkylation sites (tertiary alicyclic amines) is 1. The zero-order valence-electron chi connectivity index (χ0n) is 14.9. The Kier molecular flexibility index (Phi) is 4.61. The maximum Gasteiger partial charge on any atom is 0.317 e. The number of carboxylic acid groups (broad SMARTS) is 1. The first-order chi connectivity index (χ1) is 12.6. The van der Waals surface area contributed by atoms with Gasteiger partial charge in [0.2, 0.25) is 0 Å². The molecule has 0 unspecified atom stereocenters. The Morgan fingerprint density at radius 2 is 2.04 bits per heavy atom. The number of amides is 2. The van der Waals surface area contributed by atoms with Gasteiger partial charge in [-0.2, -0.15) is 0 Å². The number of nitrogens with one attached hydrogen (secondary N) is 1. The minimum Gasteiger partial charge on any atom is -0.481 e. The van der Waals surface area contributed by atoms with Gasteiger partial charge in [-0.15, -0.1) is 0 Å². The average molecular weight is 358 g/mol. The van der Waals surface area contributed by atoms with Gasteiger partial charge in [0.15, 0.2) is 0 Å². The summed E-state index contributed by atoms with van der Waals surface area (Å²) in [6.45, 7) is 1.36. The van der Waals surface area contributed by atoms with Crippen molar-refractivity contribution in [2.75, 3.05) is 19.6 Å². The highest BCUT2D eigenvalue weighted by Crippen LogP contribution is 2.48. The number of carbonyl (C=O) groups excluding carboxylic acids is 1. The lowest BCUT2D eigenvalue weighted by atomic mass is 9.81. The number of ether oxygens (including phenoxy) is 1. The zero-order chi connectivity index (χ0) is 18.1. The molecule has 140 valence electrons. The van der Waals surface area contributed by atoms with Gasteiger partial charge in [-0.05, 0) is 37.2 Å². The van der Waals surface area contributed by atoms with Crippen molar-refractivity contribution in [3.8, 4) is 0 Å². The van der Waals surface area contributed by atoms with Crippen LogP contribution in [0.25, 0.3) is 0 Å². The molecular formula is C20H26N2O4. The van der Waals surface area contributed by atoms with Crippen molar-refractivity contribution in [1.29, 1.82) is 0 Å². The molecule has 0 bridgehead atoms. The number of hydrogen-bond acceptors (Lipinski definition) is 3. The third-order valence-electron chi connectivity index (χ3n) is 6.34. The summed E-state index contributed by atoms with van der Waals surface area (Å²) in [7, 11) is 0. The van der Waals surface area contributed by atoms with Crippen LogP contribution in [0.15, 0.2) is 30.3 Å². The summed E-state index contributed by atoms with van der Waals surface area (Å²) < 4.78 is 6.07. The van der Waals surface area contributed by atoms with Crippen molar-refractivity contribution in [2.45, 2.75) is 44.3 Å². The molecule has 2 aliphatic heterocycles. The Morgan fingerprint density at radius 3 is 2.77 bits per heavy atom. The van der Waals surface area contributed by atoms with Crippen molar-refractivity contribution >= 4 is 12.0 Å². The lowest BCUT2D eigenvalue weighted by molar-refractivity contribution is -0.149. The maximum absolute atomic E-state index is 12.5. The topological polar surface area (TPSA) is 78.9 Å². The predicted molar refractivity (Wildman–Crippen MR) is 95.7 cm³/mol. The van der Waals surface area contributed by atoms with Crippen LogP contribution >= 0.6 is 0 Å². The number of hydrogen-bond donors (Lipinski definition) is 2. The van der Waals surface area contributed by atoms with E-state index >= 15 is 0 Å². The van der Waals surface area contributed by atoms with E-state index < -0.39 is 11.4 Å². The van der Waals surface area contributed by atoms with E-state index in [1.807, 2.05) is 18.2 Å². The number of rotatable bonds is 4. The Bertz CT molecular complexity index is 680. The minimum atomic E-state index is -0.750. The summed E-state index contributed by atoms with van der Waals surface area (Å²) in [5.74, 6) is -0.656. The first-order valence-corrected chi connectivity index (χ1v) is 9.55. The van der Waals surface area contributed by atoms with Crippen LogP contribution in [0.5, 0.6) is 0 Å². The molecule has 6 heteroatoms. The van der Waals surface area contributed by atoms with E-state index in [1.54, 1.807) is 4.90 Å². The molecule has 1 aromatic rings.